The second kappa shape index (κ2) is 11.8. The van der Waals surface area contributed by atoms with Gasteiger partial charge in [-0.3, -0.25) is 19.3 Å². The molecular weight excluding hydrogens is 534 g/mol. The summed E-state index contributed by atoms with van der Waals surface area (Å²) >= 11 is 6.56. The average Bonchev–Trinajstić information content (AvgIpc) is 3.60. The van der Waals surface area contributed by atoms with Gasteiger partial charge in [0.15, 0.2) is 0 Å². The minimum absolute atomic E-state index is 0.102. The Labute approximate surface area is 244 Å². The summed E-state index contributed by atoms with van der Waals surface area (Å²) in [4.78, 5) is 44.9. The van der Waals surface area contributed by atoms with Crippen LogP contribution in [0.5, 0.6) is 0 Å². The molecule has 4 aromatic carbocycles. The largest absolute Gasteiger partial charge is 0.352 e. The Morgan fingerprint density at radius 1 is 0.902 bits per heavy atom. The summed E-state index contributed by atoms with van der Waals surface area (Å²) in [7, 11) is 0. The number of nitrogens with one attached hydrogen (secondary N) is 1. The predicted octanol–water partition coefficient (Wildman–Crippen LogP) is 6.15. The van der Waals surface area contributed by atoms with Gasteiger partial charge in [-0.05, 0) is 47.6 Å². The molecular formula is C34H32ClN3O3. The van der Waals surface area contributed by atoms with Gasteiger partial charge >= 0.3 is 0 Å². The molecule has 1 aliphatic heterocycles. The highest BCUT2D eigenvalue weighted by Gasteiger charge is 2.36. The lowest BCUT2D eigenvalue weighted by molar-refractivity contribution is -0.140. The van der Waals surface area contributed by atoms with Crippen molar-refractivity contribution in [1.82, 2.24) is 10.2 Å². The van der Waals surface area contributed by atoms with E-state index in [1.165, 1.54) is 4.90 Å². The lowest BCUT2D eigenvalue weighted by Gasteiger charge is -2.33. The first-order valence-corrected chi connectivity index (χ1v) is 14.6. The highest BCUT2D eigenvalue weighted by atomic mass is 35.5. The number of rotatable bonds is 9. The van der Waals surface area contributed by atoms with E-state index < -0.39 is 6.04 Å². The van der Waals surface area contributed by atoms with Crippen molar-refractivity contribution in [2.24, 2.45) is 0 Å². The van der Waals surface area contributed by atoms with E-state index in [0.29, 0.717) is 22.7 Å². The van der Waals surface area contributed by atoms with E-state index in [1.807, 2.05) is 78.9 Å². The zero-order chi connectivity index (χ0) is 28.3. The molecule has 0 bridgehead atoms. The first-order chi connectivity index (χ1) is 20.0. The lowest BCUT2D eigenvalue weighted by atomic mass is 10.0. The van der Waals surface area contributed by atoms with Gasteiger partial charge in [-0.2, -0.15) is 0 Å². The number of halogens is 1. The number of carbonyl (C=O) groups is 3. The van der Waals surface area contributed by atoms with Crippen LogP contribution >= 0.6 is 11.6 Å². The normalized spacial score (nSPS) is 15.3. The van der Waals surface area contributed by atoms with Crippen molar-refractivity contribution in [3.8, 4) is 0 Å². The van der Waals surface area contributed by atoms with Crippen molar-refractivity contribution >= 4 is 45.8 Å². The molecule has 2 aliphatic rings. The molecule has 0 spiro atoms. The van der Waals surface area contributed by atoms with E-state index in [-0.39, 0.29) is 36.9 Å². The molecule has 1 aliphatic carbocycles. The van der Waals surface area contributed by atoms with Crippen molar-refractivity contribution in [3.63, 3.8) is 0 Å². The standard InChI is InChI=1S/C34H32ClN3O3/c35-28-18-7-4-12-25(28)21-37(30(20-23-10-2-1-3-11-23)33(40)36-26-15-5-6-16-26)31(39)22-38-29-19-9-14-24-13-8-17-27(32(24)29)34(38)41/h1-4,7-14,17-19,26,30H,5-6,15-16,20-22H2,(H,36,40). The molecule has 1 atom stereocenters. The third-order valence-corrected chi connectivity index (χ3v) is 8.58. The van der Waals surface area contributed by atoms with Crippen LogP contribution in [0.4, 0.5) is 5.69 Å². The molecule has 1 unspecified atom stereocenters. The molecule has 1 fully saturated rings. The monoisotopic (exact) mass is 565 g/mol. The van der Waals surface area contributed by atoms with Crippen LogP contribution in [0.25, 0.3) is 10.8 Å². The second-order valence-corrected chi connectivity index (χ2v) is 11.3. The van der Waals surface area contributed by atoms with Gasteiger partial charge in [0.05, 0.1) is 5.69 Å². The summed E-state index contributed by atoms with van der Waals surface area (Å²) in [6.07, 6.45) is 4.39. The molecule has 208 valence electrons. The van der Waals surface area contributed by atoms with Gasteiger partial charge in [-0.15, -0.1) is 0 Å². The van der Waals surface area contributed by atoms with Crippen molar-refractivity contribution in [3.05, 3.63) is 113 Å². The van der Waals surface area contributed by atoms with Crippen LogP contribution < -0.4 is 10.2 Å². The molecule has 6 nitrogen and oxygen atoms in total. The number of amides is 3. The van der Waals surface area contributed by atoms with Crippen molar-refractivity contribution in [2.75, 3.05) is 11.4 Å². The van der Waals surface area contributed by atoms with Crippen molar-refractivity contribution in [1.29, 1.82) is 0 Å². The average molecular weight is 566 g/mol. The summed E-state index contributed by atoms with van der Waals surface area (Å²) in [5.74, 6) is -0.706. The summed E-state index contributed by atoms with van der Waals surface area (Å²) < 4.78 is 0. The Hall–Kier alpha value is -4.16. The minimum Gasteiger partial charge on any atom is -0.352 e. The maximum atomic E-state index is 14.3. The van der Waals surface area contributed by atoms with Crippen LogP contribution in [0.15, 0.2) is 91.0 Å². The van der Waals surface area contributed by atoms with Crippen LogP contribution in [-0.2, 0) is 22.6 Å². The van der Waals surface area contributed by atoms with Gasteiger partial charge in [-0.25, -0.2) is 0 Å². The van der Waals surface area contributed by atoms with Crippen LogP contribution in [0.1, 0.15) is 47.2 Å². The zero-order valence-corrected chi connectivity index (χ0v) is 23.5. The number of hydrogen-bond acceptors (Lipinski definition) is 3. The topological polar surface area (TPSA) is 69.7 Å². The molecule has 1 heterocycles. The molecule has 3 amide bonds. The highest BCUT2D eigenvalue weighted by Crippen LogP contribution is 2.37. The van der Waals surface area contributed by atoms with E-state index in [1.54, 1.807) is 17.0 Å². The highest BCUT2D eigenvalue weighted by molar-refractivity contribution is 6.31. The molecule has 7 heteroatoms. The number of anilines is 1. The number of benzene rings is 4. The van der Waals surface area contributed by atoms with Crippen LogP contribution in [-0.4, -0.2) is 41.2 Å². The summed E-state index contributed by atoms with van der Waals surface area (Å²) in [5, 5.41) is 5.55. The lowest BCUT2D eigenvalue weighted by Crippen LogP contribution is -2.54. The molecule has 0 aromatic heterocycles. The SMILES string of the molecule is O=C(NC1CCCC1)C(Cc1ccccc1)N(Cc1ccccc1Cl)C(=O)CN1C(=O)c2cccc3cccc1c23. The minimum atomic E-state index is -0.780. The van der Waals surface area contributed by atoms with Crippen LogP contribution in [0.2, 0.25) is 5.02 Å². The summed E-state index contributed by atoms with van der Waals surface area (Å²) in [5.41, 5.74) is 2.99. The van der Waals surface area contributed by atoms with Crippen molar-refractivity contribution in [2.45, 2.75) is 50.7 Å². The third-order valence-electron chi connectivity index (χ3n) is 8.21. The quantitative estimate of drug-likeness (QED) is 0.264. The molecule has 1 N–H and O–H groups in total. The van der Waals surface area contributed by atoms with E-state index >= 15 is 0 Å². The van der Waals surface area contributed by atoms with E-state index in [0.717, 1.165) is 47.6 Å². The predicted molar refractivity (Wildman–Crippen MR) is 162 cm³/mol. The Kier molecular flexibility index (Phi) is 7.75. The Bertz CT molecular complexity index is 1590. The molecule has 1 saturated carbocycles. The maximum Gasteiger partial charge on any atom is 0.259 e. The smallest absolute Gasteiger partial charge is 0.259 e. The zero-order valence-electron chi connectivity index (χ0n) is 22.8. The van der Waals surface area contributed by atoms with E-state index in [9.17, 15) is 14.4 Å². The fourth-order valence-electron chi connectivity index (χ4n) is 6.09. The molecule has 41 heavy (non-hydrogen) atoms. The summed E-state index contributed by atoms with van der Waals surface area (Å²) in [6, 6.07) is 27.8. The Balaban J connectivity index is 1.36. The van der Waals surface area contributed by atoms with Crippen LogP contribution in [0.3, 0.4) is 0 Å². The Morgan fingerprint density at radius 3 is 2.37 bits per heavy atom. The van der Waals surface area contributed by atoms with E-state index in [4.69, 9.17) is 11.6 Å². The van der Waals surface area contributed by atoms with Gasteiger partial charge in [0.2, 0.25) is 11.8 Å². The van der Waals surface area contributed by atoms with E-state index in [2.05, 4.69) is 5.32 Å². The number of hydrogen-bond donors (Lipinski definition) is 1. The molecule has 0 radical (unpaired) electrons. The fourth-order valence-corrected chi connectivity index (χ4v) is 6.29. The summed E-state index contributed by atoms with van der Waals surface area (Å²) in [6.45, 7) is -0.0354. The van der Waals surface area contributed by atoms with Gasteiger partial charge in [0.1, 0.15) is 12.6 Å². The molecule has 4 aromatic rings. The molecule has 0 saturated heterocycles. The number of nitrogens with zero attached hydrogens (tertiary/aromatic N) is 2. The fraction of sp³-hybridized carbons (Fsp3) is 0.265. The maximum absolute atomic E-state index is 14.3. The Morgan fingerprint density at radius 2 is 1.61 bits per heavy atom. The van der Waals surface area contributed by atoms with Gasteiger partial charge in [-0.1, -0.05) is 97.2 Å². The number of carbonyl (C=O) groups excluding carboxylic acids is 3. The van der Waals surface area contributed by atoms with Crippen molar-refractivity contribution < 1.29 is 14.4 Å². The van der Waals surface area contributed by atoms with Gasteiger partial charge in [0.25, 0.3) is 5.91 Å². The van der Waals surface area contributed by atoms with Crippen LogP contribution in [0, 0.1) is 0 Å². The van der Waals surface area contributed by atoms with Gasteiger partial charge < -0.3 is 10.2 Å². The van der Waals surface area contributed by atoms with Gasteiger partial charge in [0, 0.05) is 35.0 Å². The first-order valence-electron chi connectivity index (χ1n) is 14.2. The second-order valence-electron chi connectivity index (χ2n) is 10.9. The third kappa shape index (κ3) is 5.57. The molecule has 6 rings (SSSR count). The first kappa shape index (κ1) is 27.0.